The topological polar surface area (TPSA) is 29.4 Å². The summed E-state index contributed by atoms with van der Waals surface area (Å²) in [5.41, 5.74) is 2.87. The molecule has 0 saturated carbocycles. The smallest absolute Gasteiger partial charge is 0.0594 e. The number of piperidine rings is 1. The summed E-state index contributed by atoms with van der Waals surface area (Å²) in [6.45, 7) is 6.08. The minimum absolute atomic E-state index is 0.553. The SMILES string of the molecule is Cn1c(CN2CCOCC2)ccc1C1CCCCN1. The summed E-state index contributed by atoms with van der Waals surface area (Å²) in [7, 11) is 2.21. The predicted octanol–water partition coefficient (Wildman–Crippen LogP) is 1.67. The molecule has 2 aliphatic rings. The molecule has 0 bridgehead atoms. The second kappa shape index (κ2) is 6.07. The molecule has 1 atom stereocenters. The number of nitrogens with zero attached hydrogens (tertiary/aromatic N) is 2. The van der Waals surface area contributed by atoms with Crippen molar-refractivity contribution < 1.29 is 4.74 Å². The maximum absolute atomic E-state index is 5.41. The molecular formula is C15H25N3O. The number of rotatable bonds is 3. The van der Waals surface area contributed by atoms with Crippen molar-refractivity contribution in [2.24, 2.45) is 7.05 Å². The van der Waals surface area contributed by atoms with Gasteiger partial charge in [-0.05, 0) is 31.5 Å². The lowest BCUT2D eigenvalue weighted by atomic mass is 10.0. The third-order valence-electron chi connectivity index (χ3n) is 4.42. The van der Waals surface area contributed by atoms with Crippen molar-refractivity contribution in [1.82, 2.24) is 14.8 Å². The van der Waals surface area contributed by atoms with Crippen LogP contribution in [0.25, 0.3) is 0 Å². The Bertz CT molecular complexity index is 404. The van der Waals surface area contributed by atoms with E-state index < -0.39 is 0 Å². The Morgan fingerprint density at radius 2 is 2.11 bits per heavy atom. The number of morpholine rings is 1. The van der Waals surface area contributed by atoms with Gasteiger partial charge >= 0.3 is 0 Å². The standard InChI is InChI=1S/C15H25N3O/c1-17-13(12-18-8-10-19-11-9-18)5-6-15(17)14-4-2-3-7-16-14/h5-6,14,16H,2-4,7-12H2,1H3. The average Bonchev–Trinajstić information content (AvgIpc) is 2.82. The van der Waals surface area contributed by atoms with Crippen molar-refractivity contribution in [2.45, 2.75) is 31.8 Å². The van der Waals surface area contributed by atoms with E-state index in [-0.39, 0.29) is 0 Å². The molecule has 1 aromatic heterocycles. The van der Waals surface area contributed by atoms with Crippen molar-refractivity contribution in [2.75, 3.05) is 32.8 Å². The second-order valence-electron chi connectivity index (χ2n) is 5.70. The highest BCUT2D eigenvalue weighted by Gasteiger charge is 2.19. The van der Waals surface area contributed by atoms with Crippen LogP contribution in [-0.4, -0.2) is 42.3 Å². The van der Waals surface area contributed by atoms with Crippen LogP contribution in [0.3, 0.4) is 0 Å². The first-order chi connectivity index (χ1) is 9.34. The van der Waals surface area contributed by atoms with E-state index in [4.69, 9.17) is 4.74 Å². The van der Waals surface area contributed by atoms with Gasteiger partial charge in [0, 0.05) is 44.1 Å². The molecule has 0 aliphatic carbocycles. The van der Waals surface area contributed by atoms with Crippen molar-refractivity contribution in [3.8, 4) is 0 Å². The third kappa shape index (κ3) is 3.02. The predicted molar refractivity (Wildman–Crippen MR) is 76.1 cm³/mol. The van der Waals surface area contributed by atoms with Gasteiger partial charge in [0.05, 0.1) is 13.2 Å². The summed E-state index contributed by atoms with van der Waals surface area (Å²) < 4.78 is 7.80. The van der Waals surface area contributed by atoms with E-state index in [2.05, 4.69) is 34.0 Å². The quantitative estimate of drug-likeness (QED) is 0.899. The van der Waals surface area contributed by atoms with E-state index in [9.17, 15) is 0 Å². The molecule has 1 aromatic rings. The Labute approximate surface area is 115 Å². The summed E-state index contributed by atoms with van der Waals surface area (Å²) in [5.74, 6) is 0. The Kier molecular flexibility index (Phi) is 4.21. The zero-order chi connectivity index (χ0) is 13.1. The highest BCUT2D eigenvalue weighted by Crippen LogP contribution is 2.24. The van der Waals surface area contributed by atoms with Crippen molar-refractivity contribution in [3.63, 3.8) is 0 Å². The normalized spacial score (nSPS) is 25.6. The molecule has 0 amide bonds. The summed E-state index contributed by atoms with van der Waals surface area (Å²) in [6, 6.07) is 5.15. The highest BCUT2D eigenvalue weighted by atomic mass is 16.5. The second-order valence-corrected chi connectivity index (χ2v) is 5.70. The van der Waals surface area contributed by atoms with Gasteiger partial charge in [-0.15, -0.1) is 0 Å². The van der Waals surface area contributed by atoms with Crippen LogP contribution in [0, 0.1) is 0 Å². The van der Waals surface area contributed by atoms with Gasteiger partial charge in [-0.25, -0.2) is 0 Å². The van der Waals surface area contributed by atoms with Gasteiger partial charge in [0.25, 0.3) is 0 Å². The van der Waals surface area contributed by atoms with Crippen LogP contribution in [0.2, 0.25) is 0 Å². The molecule has 3 rings (SSSR count). The minimum atomic E-state index is 0.553. The number of hydrogen-bond acceptors (Lipinski definition) is 3. The lowest BCUT2D eigenvalue weighted by Crippen LogP contribution is -2.36. The van der Waals surface area contributed by atoms with E-state index in [1.54, 1.807) is 0 Å². The van der Waals surface area contributed by atoms with Gasteiger partial charge in [-0.3, -0.25) is 4.90 Å². The molecule has 19 heavy (non-hydrogen) atoms. The first kappa shape index (κ1) is 13.2. The lowest BCUT2D eigenvalue weighted by Gasteiger charge is -2.28. The van der Waals surface area contributed by atoms with Crippen LogP contribution in [0.4, 0.5) is 0 Å². The van der Waals surface area contributed by atoms with Crippen LogP contribution in [0.15, 0.2) is 12.1 Å². The molecule has 4 heteroatoms. The molecule has 0 aromatic carbocycles. The summed E-state index contributed by atoms with van der Waals surface area (Å²) in [5, 5.41) is 3.64. The number of hydrogen-bond donors (Lipinski definition) is 1. The monoisotopic (exact) mass is 263 g/mol. The Balaban J connectivity index is 1.67. The molecule has 4 nitrogen and oxygen atoms in total. The molecule has 2 saturated heterocycles. The Hall–Kier alpha value is -0.840. The molecule has 3 heterocycles. The van der Waals surface area contributed by atoms with E-state index in [1.165, 1.54) is 30.7 Å². The highest BCUT2D eigenvalue weighted by molar-refractivity contribution is 5.19. The first-order valence-corrected chi connectivity index (χ1v) is 7.52. The molecule has 0 spiro atoms. The number of ether oxygens (including phenoxy) is 1. The largest absolute Gasteiger partial charge is 0.379 e. The molecule has 106 valence electrons. The van der Waals surface area contributed by atoms with Crippen LogP contribution in [0.1, 0.15) is 36.7 Å². The minimum Gasteiger partial charge on any atom is -0.379 e. The van der Waals surface area contributed by atoms with Gasteiger partial charge in [-0.1, -0.05) is 6.42 Å². The molecule has 2 aliphatic heterocycles. The number of nitrogens with one attached hydrogen (secondary N) is 1. The van der Waals surface area contributed by atoms with Gasteiger partial charge in [0.2, 0.25) is 0 Å². The molecular weight excluding hydrogens is 238 g/mol. The first-order valence-electron chi connectivity index (χ1n) is 7.52. The fourth-order valence-corrected chi connectivity index (χ4v) is 3.17. The Morgan fingerprint density at radius 3 is 2.84 bits per heavy atom. The van der Waals surface area contributed by atoms with Crippen LogP contribution < -0.4 is 5.32 Å². The summed E-state index contributed by atoms with van der Waals surface area (Å²) in [4.78, 5) is 2.48. The van der Waals surface area contributed by atoms with Crippen LogP contribution in [0.5, 0.6) is 0 Å². The van der Waals surface area contributed by atoms with Crippen LogP contribution in [-0.2, 0) is 18.3 Å². The maximum Gasteiger partial charge on any atom is 0.0594 e. The van der Waals surface area contributed by atoms with Gasteiger partial charge < -0.3 is 14.6 Å². The maximum atomic E-state index is 5.41. The van der Waals surface area contributed by atoms with E-state index in [0.717, 1.165) is 39.4 Å². The van der Waals surface area contributed by atoms with Crippen LogP contribution >= 0.6 is 0 Å². The van der Waals surface area contributed by atoms with Gasteiger partial charge in [0.1, 0.15) is 0 Å². The third-order valence-corrected chi connectivity index (χ3v) is 4.42. The van der Waals surface area contributed by atoms with Crippen molar-refractivity contribution >= 4 is 0 Å². The zero-order valence-corrected chi connectivity index (χ0v) is 11.9. The molecule has 2 fully saturated rings. The molecule has 0 radical (unpaired) electrons. The van der Waals surface area contributed by atoms with E-state index >= 15 is 0 Å². The van der Waals surface area contributed by atoms with E-state index in [0.29, 0.717) is 6.04 Å². The van der Waals surface area contributed by atoms with Crippen molar-refractivity contribution in [1.29, 1.82) is 0 Å². The van der Waals surface area contributed by atoms with Gasteiger partial charge in [-0.2, -0.15) is 0 Å². The summed E-state index contributed by atoms with van der Waals surface area (Å²) >= 11 is 0. The fourth-order valence-electron chi connectivity index (χ4n) is 3.17. The van der Waals surface area contributed by atoms with Crippen molar-refractivity contribution in [3.05, 3.63) is 23.5 Å². The summed E-state index contributed by atoms with van der Waals surface area (Å²) in [6.07, 6.45) is 3.94. The molecule has 1 unspecified atom stereocenters. The Morgan fingerprint density at radius 1 is 1.26 bits per heavy atom. The zero-order valence-electron chi connectivity index (χ0n) is 11.9. The van der Waals surface area contributed by atoms with E-state index in [1.807, 2.05) is 0 Å². The fraction of sp³-hybridized carbons (Fsp3) is 0.733. The molecule has 1 N–H and O–H groups in total. The lowest BCUT2D eigenvalue weighted by molar-refractivity contribution is 0.0332. The van der Waals surface area contributed by atoms with Gasteiger partial charge in [0.15, 0.2) is 0 Å². The number of aromatic nitrogens is 1. The average molecular weight is 263 g/mol.